The van der Waals surface area contributed by atoms with Crippen LogP contribution in [0.25, 0.3) is 21.5 Å². The van der Waals surface area contributed by atoms with Crippen molar-refractivity contribution in [2.45, 2.75) is 6.42 Å². The number of benzene rings is 1. The van der Waals surface area contributed by atoms with Crippen LogP contribution in [-0.4, -0.2) is 17.4 Å². The van der Waals surface area contributed by atoms with Gasteiger partial charge in [0.05, 0.1) is 17.5 Å². The van der Waals surface area contributed by atoms with Gasteiger partial charge in [0.15, 0.2) is 0 Å². The van der Waals surface area contributed by atoms with Crippen molar-refractivity contribution >= 4 is 44.7 Å². The maximum Gasteiger partial charge on any atom is 0.270 e. The Balaban J connectivity index is 1.72. The summed E-state index contributed by atoms with van der Waals surface area (Å²) in [6, 6.07) is 13.4. The molecule has 7 nitrogen and oxygen atoms in total. The van der Waals surface area contributed by atoms with E-state index in [0.717, 1.165) is 17.7 Å². The van der Waals surface area contributed by atoms with Crippen LogP contribution in [0.15, 0.2) is 47.1 Å². The lowest BCUT2D eigenvalue weighted by Gasteiger charge is -2.16. The van der Waals surface area contributed by atoms with Crippen LogP contribution in [-0.2, 0) is 6.42 Å². The van der Waals surface area contributed by atoms with Crippen LogP contribution in [0.5, 0.6) is 0 Å². The van der Waals surface area contributed by atoms with E-state index in [2.05, 4.69) is 11.1 Å². The molecule has 0 unspecified atom stereocenters. The quantitative estimate of drug-likeness (QED) is 0.527. The number of fused-ring (bicyclic) bond motifs is 2. The average Bonchev–Trinajstić information content (AvgIpc) is 3.46. The molecule has 0 fully saturated rings. The fourth-order valence-corrected chi connectivity index (χ4v) is 4.84. The van der Waals surface area contributed by atoms with Gasteiger partial charge in [-0.2, -0.15) is 5.26 Å². The minimum atomic E-state index is -0.182. The Bertz CT molecular complexity index is 1320. The number of thiophene rings is 1. The third-order valence-corrected chi connectivity index (χ3v) is 6.20. The minimum Gasteiger partial charge on any atom is -0.464 e. The zero-order valence-corrected chi connectivity index (χ0v) is 16.0. The molecular formula is C21H15N5O2S. The number of hydrogen-bond donors (Lipinski definition) is 2. The van der Waals surface area contributed by atoms with Gasteiger partial charge < -0.3 is 20.8 Å². The van der Waals surface area contributed by atoms with Crippen molar-refractivity contribution in [3.8, 4) is 17.4 Å². The Labute approximate surface area is 169 Å². The number of nitrogens with zero attached hydrogens (tertiary/aromatic N) is 3. The number of para-hydroxylation sites is 1. The SMILES string of the molecule is N#Cc1c(N)nc2sc(C(=O)N3CCc4ccccc43)c(N)c2c1-c1ccco1. The van der Waals surface area contributed by atoms with Crippen LogP contribution in [0.4, 0.5) is 17.2 Å². The molecule has 0 saturated heterocycles. The molecule has 0 spiro atoms. The lowest BCUT2D eigenvalue weighted by molar-refractivity contribution is 0.0994. The van der Waals surface area contributed by atoms with E-state index >= 15 is 0 Å². The van der Waals surface area contributed by atoms with E-state index in [0.29, 0.717) is 33.0 Å². The van der Waals surface area contributed by atoms with E-state index < -0.39 is 0 Å². The third-order valence-electron chi connectivity index (χ3n) is 5.11. The van der Waals surface area contributed by atoms with Crippen LogP contribution < -0.4 is 16.4 Å². The molecule has 29 heavy (non-hydrogen) atoms. The van der Waals surface area contributed by atoms with E-state index in [9.17, 15) is 10.1 Å². The van der Waals surface area contributed by atoms with E-state index in [4.69, 9.17) is 15.9 Å². The van der Waals surface area contributed by atoms with Crippen molar-refractivity contribution < 1.29 is 9.21 Å². The molecule has 1 aliphatic heterocycles. The van der Waals surface area contributed by atoms with Gasteiger partial charge in [-0.3, -0.25) is 4.79 Å². The molecule has 1 amide bonds. The Morgan fingerprint density at radius 2 is 2.07 bits per heavy atom. The number of carbonyl (C=O) groups is 1. The zero-order chi connectivity index (χ0) is 20.1. The first-order valence-electron chi connectivity index (χ1n) is 8.95. The van der Waals surface area contributed by atoms with Crippen molar-refractivity contribution in [1.29, 1.82) is 5.26 Å². The number of nitrogens with two attached hydrogens (primary N) is 2. The molecule has 142 valence electrons. The first-order chi connectivity index (χ1) is 14.1. The van der Waals surface area contributed by atoms with E-state index in [1.165, 1.54) is 17.6 Å². The van der Waals surface area contributed by atoms with Gasteiger partial charge in [-0.1, -0.05) is 18.2 Å². The third kappa shape index (κ3) is 2.48. The molecule has 0 atom stereocenters. The summed E-state index contributed by atoms with van der Waals surface area (Å²) in [5, 5.41) is 10.1. The summed E-state index contributed by atoms with van der Waals surface area (Å²) in [5.74, 6) is 0.353. The van der Waals surface area contributed by atoms with Crippen molar-refractivity contribution in [3.05, 3.63) is 58.7 Å². The van der Waals surface area contributed by atoms with E-state index in [1.807, 2.05) is 24.3 Å². The molecule has 1 aromatic carbocycles. The maximum absolute atomic E-state index is 13.3. The highest BCUT2D eigenvalue weighted by molar-refractivity contribution is 7.21. The first-order valence-corrected chi connectivity index (χ1v) is 9.77. The molecular weight excluding hydrogens is 386 g/mol. The monoisotopic (exact) mass is 401 g/mol. The van der Waals surface area contributed by atoms with Gasteiger partial charge >= 0.3 is 0 Å². The summed E-state index contributed by atoms with van der Waals surface area (Å²) in [6.45, 7) is 0.593. The van der Waals surface area contributed by atoms with Crippen LogP contribution in [0.3, 0.4) is 0 Å². The predicted molar refractivity (Wildman–Crippen MR) is 113 cm³/mol. The second-order valence-corrected chi connectivity index (χ2v) is 7.70. The number of amides is 1. The molecule has 5 rings (SSSR count). The summed E-state index contributed by atoms with van der Waals surface area (Å²) in [5.41, 5.74) is 15.4. The van der Waals surface area contributed by atoms with Gasteiger partial charge in [-0.15, -0.1) is 11.3 Å². The second kappa shape index (κ2) is 6.36. The largest absolute Gasteiger partial charge is 0.464 e. The average molecular weight is 401 g/mol. The summed E-state index contributed by atoms with van der Waals surface area (Å²) < 4.78 is 5.52. The normalized spacial score (nSPS) is 12.9. The second-order valence-electron chi connectivity index (χ2n) is 6.70. The number of hydrogen-bond acceptors (Lipinski definition) is 7. The molecule has 4 N–H and O–H groups in total. The lowest BCUT2D eigenvalue weighted by atomic mass is 10.0. The summed E-state index contributed by atoms with van der Waals surface area (Å²) in [4.78, 5) is 20.3. The highest BCUT2D eigenvalue weighted by atomic mass is 32.1. The Morgan fingerprint density at radius 1 is 1.24 bits per heavy atom. The zero-order valence-electron chi connectivity index (χ0n) is 15.2. The molecule has 1 aliphatic rings. The van der Waals surface area contributed by atoms with Gasteiger partial charge in [0.2, 0.25) is 0 Å². The van der Waals surface area contributed by atoms with Crippen LogP contribution in [0.2, 0.25) is 0 Å². The number of rotatable bonds is 2. The standard InChI is InChI=1S/C21H15N5O2S/c22-10-12-15(14-6-3-9-28-14)16-17(23)18(29-20(16)25-19(12)24)21(27)26-8-7-11-4-1-2-5-13(11)26/h1-6,9H,7-8,23H2,(H2,24,25). The van der Waals surface area contributed by atoms with Crippen LogP contribution in [0, 0.1) is 11.3 Å². The number of nitriles is 1. The van der Waals surface area contributed by atoms with Crippen LogP contribution >= 0.6 is 11.3 Å². The molecule has 0 radical (unpaired) electrons. The van der Waals surface area contributed by atoms with Crippen LogP contribution in [0.1, 0.15) is 20.8 Å². The smallest absolute Gasteiger partial charge is 0.270 e. The van der Waals surface area contributed by atoms with Crippen molar-refractivity contribution in [2.75, 3.05) is 22.9 Å². The Hall–Kier alpha value is -3.83. The van der Waals surface area contributed by atoms with E-state index in [1.54, 1.807) is 17.0 Å². The lowest BCUT2D eigenvalue weighted by Crippen LogP contribution is -2.28. The Kier molecular flexibility index (Phi) is 3.79. The summed E-state index contributed by atoms with van der Waals surface area (Å²) in [6.07, 6.45) is 2.31. The maximum atomic E-state index is 13.3. The van der Waals surface area contributed by atoms with Crippen molar-refractivity contribution in [2.24, 2.45) is 0 Å². The van der Waals surface area contributed by atoms with Gasteiger partial charge in [0, 0.05) is 17.6 Å². The Morgan fingerprint density at radius 3 is 2.83 bits per heavy atom. The first kappa shape index (κ1) is 17.3. The predicted octanol–water partition coefficient (Wildman–Crippen LogP) is 3.80. The number of pyridine rings is 1. The van der Waals surface area contributed by atoms with Gasteiger partial charge in [-0.05, 0) is 30.2 Å². The molecule has 0 aliphatic carbocycles. The fourth-order valence-electron chi connectivity index (χ4n) is 3.78. The topological polar surface area (TPSA) is 122 Å². The number of aromatic nitrogens is 1. The molecule has 0 bridgehead atoms. The number of nitrogen functional groups attached to an aromatic ring is 2. The molecule has 3 aromatic heterocycles. The highest BCUT2D eigenvalue weighted by Crippen LogP contribution is 2.43. The number of furan rings is 1. The summed E-state index contributed by atoms with van der Waals surface area (Å²) in [7, 11) is 0. The summed E-state index contributed by atoms with van der Waals surface area (Å²) >= 11 is 1.18. The number of carbonyl (C=O) groups excluding carboxylic acids is 1. The highest BCUT2D eigenvalue weighted by Gasteiger charge is 2.30. The molecule has 8 heteroatoms. The van der Waals surface area contributed by atoms with Gasteiger partial charge in [0.1, 0.15) is 32.9 Å². The molecule has 4 aromatic rings. The molecule has 0 saturated carbocycles. The molecule has 4 heterocycles. The number of anilines is 3. The van der Waals surface area contributed by atoms with E-state index in [-0.39, 0.29) is 23.0 Å². The van der Waals surface area contributed by atoms with Crippen molar-refractivity contribution in [3.63, 3.8) is 0 Å². The van der Waals surface area contributed by atoms with Gasteiger partial charge in [0.25, 0.3) is 5.91 Å². The van der Waals surface area contributed by atoms with Gasteiger partial charge in [-0.25, -0.2) is 4.98 Å². The minimum absolute atomic E-state index is 0.0816. The fraction of sp³-hybridized carbons (Fsp3) is 0.0952. The van der Waals surface area contributed by atoms with Crippen molar-refractivity contribution in [1.82, 2.24) is 4.98 Å².